The van der Waals surface area contributed by atoms with E-state index in [2.05, 4.69) is 46.3 Å². The molecule has 5 heteroatoms. The van der Waals surface area contributed by atoms with E-state index in [0.717, 1.165) is 48.2 Å². The van der Waals surface area contributed by atoms with E-state index in [1.165, 1.54) is 0 Å². The van der Waals surface area contributed by atoms with Crippen molar-refractivity contribution >= 4 is 15.9 Å². The van der Waals surface area contributed by atoms with Crippen LogP contribution in [0.5, 0.6) is 0 Å². The summed E-state index contributed by atoms with van der Waals surface area (Å²) in [6, 6.07) is 2.43. The molecular formula is C14H23BrN4. The summed E-state index contributed by atoms with van der Waals surface area (Å²) in [6.45, 7) is 9.84. The van der Waals surface area contributed by atoms with Crippen LogP contribution in [-0.4, -0.2) is 21.9 Å². The van der Waals surface area contributed by atoms with Gasteiger partial charge in [0.15, 0.2) is 0 Å². The van der Waals surface area contributed by atoms with Gasteiger partial charge in [-0.25, -0.2) is 0 Å². The fourth-order valence-electron chi connectivity index (χ4n) is 2.33. The van der Waals surface area contributed by atoms with Gasteiger partial charge in [0, 0.05) is 12.2 Å². The van der Waals surface area contributed by atoms with E-state index in [4.69, 9.17) is 0 Å². The summed E-state index contributed by atoms with van der Waals surface area (Å²) >= 11 is 3.54. The summed E-state index contributed by atoms with van der Waals surface area (Å²) in [5.41, 5.74) is 1.79. The summed E-state index contributed by atoms with van der Waals surface area (Å²) in [5, 5.41) is 17.2. The lowest BCUT2D eigenvalue weighted by Crippen LogP contribution is -2.43. The lowest BCUT2D eigenvalue weighted by atomic mass is 9.92. The molecule has 1 heterocycles. The van der Waals surface area contributed by atoms with Gasteiger partial charge >= 0.3 is 0 Å². The van der Waals surface area contributed by atoms with Gasteiger partial charge in [-0.15, -0.1) is 0 Å². The predicted molar refractivity (Wildman–Crippen MR) is 80.9 cm³/mol. The monoisotopic (exact) mass is 326 g/mol. The highest BCUT2D eigenvalue weighted by atomic mass is 79.9. The van der Waals surface area contributed by atoms with Gasteiger partial charge in [0.05, 0.1) is 16.2 Å². The molecule has 1 aromatic rings. The molecule has 1 unspecified atom stereocenters. The van der Waals surface area contributed by atoms with E-state index in [1.54, 1.807) is 0 Å². The van der Waals surface area contributed by atoms with E-state index in [9.17, 15) is 5.26 Å². The summed E-state index contributed by atoms with van der Waals surface area (Å²) < 4.78 is 3.10. The molecule has 106 valence electrons. The second kappa shape index (κ2) is 7.06. The van der Waals surface area contributed by atoms with Crippen molar-refractivity contribution in [2.45, 2.75) is 59.0 Å². The van der Waals surface area contributed by atoms with Crippen LogP contribution in [-0.2, 0) is 6.54 Å². The van der Waals surface area contributed by atoms with Crippen LogP contribution >= 0.6 is 15.9 Å². The minimum Gasteiger partial charge on any atom is -0.300 e. The van der Waals surface area contributed by atoms with Crippen LogP contribution in [0.4, 0.5) is 0 Å². The first-order chi connectivity index (χ1) is 8.99. The number of nitriles is 1. The quantitative estimate of drug-likeness (QED) is 0.836. The van der Waals surface area contributed by atoms with Crippen LogP contribution in [0.3, 0.4) is 0 Å². The van der Waals surface area contributed by atoms with E-state index in [-0.39, 0.29) is 5.54 Å². The molecule has 0 saturated heterocycles. The van der Waals surface area contributed by atoms with Crippen LogP contribution in [0.25, 0.3) is 0 Å². The maximum atomic E-state index is 9.37. The van der Waals surface area contributed by atoms with Crippen LogP contribution in [0.15, 0.2) is 4.47 Å². The Morgan fingerprint density at radius 2 is 2.11 bits per heavy atom. The molecule has 0 aromatic carbocycles. The third-order valence-corrected chi connectivity index (χ3v) is 4.75. The Hall–Kier alpha value is -0.860. The Morgan fingerprint density at radius 1 is 1.42 bits per heavy atom. The van der Waals surface area contributed by atoms with Crippen molar-refractivity contribution < 1.29 is 0 Å². The van der Waals surface area contributed by atoms with Crippen LogP contribution in [0.2, 0.25) is 0 Å². The van der Waals surface area contributed by atoms with E-state index in [0.29, 0.717) is 0 Å². The number of nitrogens with zero attached hydrogens (tertiary/aromatic N) is 3. The number of aryl methyl sites for hydroxylation is 2. The minimum absolute atomic E-state index is 0.387. The Kier molecular flexibility index (Phi) is 6.02. The van der Waals surface area contributed by atoms with E-state index >= 15 is 0 Å². The molecule has 0 radical (unpaired) electrons. The van der Waals surface area contributed by atoms with Gasteiger partial charge in [0.1, 0.15) is 5.54 Å². The summed E-state index contributed by atoms with van der Waals surface area (Å²) in [7, 11) is 0. The normalized spacial score (nSPS) is 14.1. The molecule has 1 atom stereocenters. The van der Waals surface area contributed by atoms with Crippen LogP contribution in [0, 0.1) is 25.2 Å². The highest BCUT2D eigenvalue weighted by Gasteiger charge is 2.26. The number of halogens is 1. The fourth-order valence-corrected chi connectivity index (χ4v) is 2.61. The Morgan fingerprint density at radius 3 is 2.53 bits per heavy atom. The molecule has 1 rings (SSSR count). The first-order valence-corrected chi connectivity index (χ1v) is 7.64. The van der Waals surface area contributed by atoms with Gasteiger partial charge in [-0.05, 0) is 55.6 Å². The molecule has 0 amide bonds. The number of hydrogen-bond acceptors (Lipinski definition) is 3. The third-order valence-electron chi connectivity index (χ3n) is 3.60. The van der Waals surface area contributed by atoms with Crippen molar-refractivity contribution in [3.05, 3.63) is 15.9 Å². The average Bonchev–Trinajstić information content (AvgIpc) is 2.65. The Labute approximate surface area is 124 Å². The summed E-state index contributed by atoms with van der Waals surface area (Å²) in [5.74, 6) is 0. The van der Waals surface area contributed by atoms with E-state index < -0.39 is 0 Å². The van der Waals surface area contributed by atoms with E-state index in [1.807, 2.05) is 18.5 Å². The van der Waals surface area contributed by atoms with Gasteiger partial charge in [-0.1, -0.05) is 13.8 Å². The highest BCUT2D eigenvalue weighted by molar-refractivity contribution is 9.10. The number of nitrogens with one attached hydrogen (secondary N) is 1. The zero-order valence-electron chi connectivity index (χ0n) is 12.3. The molecule has 0 aliphatic carbocycles. The third kappa shape index (κ3) is 3.80. The minimum atomic E-state index is -0.387. The zero-order chi connectivity index (χ0) is 14.5. The maximum Gasteiger partial charge on any atom is 0.106 e. The fraction of sp³-hybridized carbons (Fsp3) is 0.714. The van der Waals surface area contributed by atoms with Crippen molar-refractivity contribution in [2.75, 3.05) is 6.54 Å². The highest BCUT2D eigenvalue weighted by Crippen LogP contribution is 2.21. The van der Waals surface area contributed by atoms with Gasteiger partial charge in [0.2, 0.25) is 0 Å². The van der Waals surface area contributed by atoms with Crippen molar-refractivity contribution in [3.63, 3.8) is 0 Å². The Balaban J connectivity index is 2.62. The largest absolute Gasteiger partial charge is 0.300 e. The Bertz CT molecular complexity index is 461. The molecule has 0 fully saturated rings. The molecule has 19 heavy (non-hydrogen) atoms. The van der Waals surface area contributed by atoms with Crippen molar-refractivity contribution in [1.82, 2.24) is 15.1 Å². The van der Waals surface area contributed by atoms with Crippen LogP contribution in [0.1, 0.15) is 44.5 Å². The average molecular weight is 327 g/mol. The molecule has 0 spiro atoms. The molecule has 0 bridgehead atoms. The molecule has 1 aromatic heterocycles. The molecular weight excluding hydrogens is 304 g/mol. The van der Waals surface area contributed by atoms with Gasteiger partial charge in [-0.2, -0.15) is 10.4 Å². The zero-order valence-corrected chi connectivity index (χ0v) is 13.8. The number of rotatable bonds is 7. The second-order valence-electron chi connectivity index (χ2n) is 4.89. The molecule has 4 nitrogen and oxygen atoms in total. The lowest BCUT2D eigenvalue weighted by molar-refractivity contribution is 0.357. The van der Waals surface area contributed by atoms with Gasteiger partial charge in [0.25, 0.3) is 0 Å². The first kappa shape index (κ1) is 16.2. The van der Waals surface area contributed by atoms with Crippen LogP contribution < -0.4 is 5.32 Å². The standard InChI is InChI=1S/C14H23BrN4/c1-5-14(10-16,17-6-2)8-7-9-19-12(4)13(15)11(3)18-19/h17H,5-9H2,1-4H3. The van der Waals surface area contributed by atoms with Crippen molar-refractivity contribution in [2.24, 2.45) is 0 Å². The number of aromatic nitrogens is 2. The molecule has 0 saturated carbocycles. The summed E-state index contributed by atoms with van der Waals surface area (Å²) in [6.07, 6.45) is 2.63. The van der Waals surface area contributed by atoms with Gasteiger partial charge < -0.3 is 0 Å². The number of hydrogen-bond donors (Lipinski definition) is 1. The van der Waals surface area contributed by atoms with Gasteiger partial charge in [-0.3, -0.25) is 10.00 Å². The molecule has 0 aliphatic heterocycles. The SMILES string of the molecule is CCNC(C#N)(CC)CCCn1nc(C)c(Br)c1C. The lowest BCUT2D eigenvalue weighted by Gasteiger charge is -2.26. The first-order valence-electron chi connectivity index (χ1n) is 6.85. The molecule has 0 aliphatic rings. The van der Waals surface area contributed by atoms with Crippen molar-refractivity contribution in [1.29, 1.82) is 5.26 Å². The second-order valence-corrected chi connectivity index (χ2v) is 5.68. The predicted octanol–water partition coefficient (Wildman–Crippen LogP) is 3.32. The maximum absolute atomic E-state index is 9.37. The smallest absolute Gasteiger partial charge is 0.106 e. The molecule has 1 N–H and O–H groups in total. The summed E-state index contributed by atoms with van der Waals surface area (Å²) in [4.78, 5) is 0. The van der Waals surface area contributed by atoms with Crippen molar-refractivity contribution in [3.8, 4) is 6.07 Å². The topological polar surface area (TPSA) is 53.6 Å².